The zero-order chi connectivity index (χ0) is 12.3. The molecule has 4 nitrogen and oxygen atoms in total. The minimum Gasteiger partial charge on any atom is -0.496 e. The van der Waals surface area contributed by atoms with Gasteiger partial charge in [0.15, 0.2) is 5.69 Å². The van der Waals surface area contributed by atoms with Crippen molar-refractivity contribution >= 4 is 17.1 Å². The summed E-state index contributed by atoms with van der Waals surface area (Å²) in [5.41, 5.74) is 0.319. The van der Waals surface area contributed by atoms with Gasteiger partial charge in [0.2, 0.25) is 5.78 Å². The summed E-state index contributed by atoms with van der Waals surface area (Å²) in [5, 5.41) is 1.78. The van der Waals surface area contributed by atoms with E-state index >= 15 is 0 Å². The molecule has 0 saturated heterocycles. The van der Waals surface area contributed by atoms with Gasteiger partial charge in [0.05, 0.1) is 19.1 Å². The Bertz CT molecular complexity index is 536. The average molecular weight is 249 g/mol. The molecule has 5 heteroatoms. The Balaban J connectivity index is 2.36. The molecule has 2 heterocycles. The van der Waals surface area contributed by atoms with Crippen molar-refractivity contribution in [3.8, 4) is 11.5 Å². The summed E-state index contributed by atoms with van der Waals surface area (Å²) in [6.45, 7) is 0. The van der Waals surface area contributed by atoms with E-state index in [-0.39, 0.29) is 5.78 Å². The number of ketones is 1. The predicted molar refractivity (Wildman–Crippen MR) is 65.1 cm³/mol. The van der Waals surface area contributed by atoms with Crippen LogP contribution in [0.2, 0.25) is 0 Å². The topological polar surface area (TPSA) is 48.4 Å². The summed E-state index contributed by atoms with van der Waals surface area (Å²) in [4.78, 5) is 16.8. The molecule has 0 spiro atoms. The van der Waals surface area contributed by atoms with Crippen LogP contribution in [0.25, 0.3) is 0 Å². The monoisotopic (exact) mass is 249 g/mol. The van der Waals surface area contributed by atoms with E-state index in [4.69, 9.17) is 9.47 Å². The molecule has 0 saturated carbocycles. The van der Waals surface area contributed by atoms with E-state index in [0.717, 1.165) is 0 Å². The fourth-order valence-corrected chi connectivity index (χ4v) is 2.18. The van der Waals surface area contributed by atoms with E-state index < -0.39 is 0 Å². The molecule has 88 valence electrons. The Morgan fingerprint density at radius 2 is 2.18 bits per heavy atom. The van der Waals surface area contributed by atoms with Crippen LogP contribution in [0.15, 0.2) is 29.8 Å². The van der Waals surface area contributed by atoms with Crippen molar-refractivity contribution in [3.05, 3.63) is 40.3 Å². The third-order valence-corrected chi connectivity index (χ3v) is 3.15. The van der Waals surface area contributed by atoms with Crippen LogP contribution in [0.5, 0.6) is 11.5 Å². The Morgan fingerprint density at radius 3 is 2.82 bits per heavy atom. The normalized spacial score (nSPS) is 10.0. The predicted octanol–water partition coefficient (Wildman–Crippen LogP) is 2.39. The maximum atomic E-state index is 12.2. The van der Waals surface area contributed by atoms with E-state index in [0.29, 0.717) is 22.1 Å². The molecule has 0 N–H and O–H groups in total. The van der Waals surface area contributed by atoms with Gasteiger partial charge in [-0.3, -0.25) is 4.79 Å². The standard InChI is InChI=1S/C12H11NO3S/c1-15-8-6-10(17-7-8)12(14)11-9(16-2)4-3-5-13-11/h3-7H,1-2H3. The summed E-state index contributed by atoms with van der Waals surface area (Å²) in [5.74, 6) is 0.994. The lowest BCUT2D eigenvalue weighted by Crippen LogP contribution is -2.04. The maximum Gasteiger partial charge on any atom is 0.225 e. The first kappa shape index (κ1) is 11.6. The van der Waals surface area contributed by atoms with E-state index in [9.17, 15) is 4.79 Å². The minimum absolute atomic E-state index is 0.157. The number of nitrogens with zero attached hydrogens (tertiary/aromatic N) is 1. The number of hydrogen-bond donors (Lipinski definition) is 0. The van der Waals surface area contributed by atoms with Crippen molar-refractivity contribution in [2.24, 2.45) is 0 Å². The van der Waals surface area contributed by atoms with Crippen LogP contribution < -0.4 is 9.47 Å². The van der Waals surface area contributed by atoms with Gasteiger partial charge in [-0.15, -0.1) is 11.3 Å². The van der Waals surface area contributed by atoms with Crippen molar-refractivity contribution in [3.63, 3.8) is 0 Å². The molecular formula is C12H11NO3S. The molecule has 0 aliphatic carbocycles. The van der Waals surface area contributed by atoms with Crippen molar-refractivity contribution in [1.82, 2.24) is 4.98 Å². The quantitative estimate of drug-likeness (QED) is 0.781. The molecule has 2 aromatic heterocycles. The van der Waals surface area contributed by atoms with Crippen LogP contribution in [-0.2, 0) is 0 Å². The van der Waals surface area contributed by atoms with Crippen LogP contribution in [0, 0.1) is 0 Å². The summed E-state index contributed by atoms with van der Waals surface area (Å²) < 4.78 is 10.2. The molecule has 0 aliphatic rings. The number of hydrogen-bond acceptors (Lipinski definition) is 5. The van der Waals surface area contributed by atoms with Crippen molar-refractivity contribution < 1.29 is 14.3 Å². The van der Waals surface area contributed by atoms with Crippen molar-refractivity contribution in [2.75, 3.05) is 14.2 Å². The molecule has 0 atom stereocenters. The second-order valence-corrected chi connectivity index (χ2v) is 4.15. The van der Waals surface area contributed by atoms with Gasteiger partial charge in [-0.05, 0) is 12.1 Å². The van der Waals surface area contributed by atoms with Gasteiger partial charge in [0.1, 0.15) is 11.5 Å². The lowest BCUT2D eigenvalue weighted by Gasteiger charge is -2.04. The fraction of sp³-hybridized carbons (Fsp3) is 0.167. The van der Waals surface area contributed by atoms with Crippen LogP contribution in [0.1, 0.15) is 15.4 Å². The molecule has 0 unspecified atom stereocenters. The molecule has 2 rings (SSSR count). The lowest BCUT2D eigenvalue weighted by molar-refractivity contribution is 0.103. The van der Waals surface area contributed by atoms with Gasteiger partial charge < -0.3 is 9.47 Å². The number of aromatic nitrogens is 1. The molecule has 0 radical (unpaired) electrons. The largest absolute Gasteiger partial charge is 0.496 e. The smallest absolute Gasteiger partial charge is 0.225 e. The lowest BCUT2D eigenvalue weighted by atomic mass is 10.2. The number of methoxy groups -OCH3 is 2. The van der Waals surface area contributed by atoms with Gasteiger partial charge in [0, 0.05) is 17.6 Å². The van der Waals surface area contributed by atoms with Gasteiger partial charge in [-0.25, -0.2) is 4.98 Å². The molecule has 0 aliphatic heterocycles. The molecule has 17 heavy (non-hydrogen) atoms. The Hall–Kier alpha value is -1.88. The summed E-state index contributed by atoms with van der Waals surface area (Å²) in [6.07, 6.45) is 1.57. The maximum absolute atomic E-state index is 12.2. The highest BCUT2D eigenvalue weighted by molar-refractivity contribution is 7.12. The number of rotatable bonds is 4. The third-order valence-electron chi connectivity index (χ3n) is 2.24. The highest BCUT2D eigenvalue weighted by Gasteiger charge is 2.17. The highest BCUT2D eigenvalue weighted by Crippen LogP contribution is 2.26. The number of carbonyl (C=O) groups excluding carboxylic acids is 1. The van der Waals surface area contributed by atoms with E-state index in [1.807, 2.05) is 0 Å². The van der Waals surface area contributed by atoms with Crippen LogP contribution in [0.4, 0.5) is 0 Å². The zero-order valence-electron chi connectivity index (χ0n) is 9.47. The molecule has 0 amide bonds. The summed E-state index contributed by atoms with van der Waals surface area (Å²) in [6, 6.07) is 5.14. The molecule has 0 fully saturated rings. The fourth-order valence-electron chi connectivity index (χ4n) is 1.39. The van der Waals surface area contributed by atoms with Crippen LogP contribution in [-0.4, -0.2) is 25.0 Å². The van der Waals surface area contributed by atoms with Crippen LogP contribution >= 0.6 is 11.3 Å². The first-order valence-corrected chi connectivity index (χ1v) is 5.80. The summed E-state index contributed by atoms with van der Waals surface area (Å²) in [7, 11) is 3.08. The van der Waals surface area contributed by atoms with Gasteiger partial charge >= 0.3 is 0 Å². The Morgan fingerprint density at radius 1 is 1.35 bits per heavy atom. The number of thiophene rings is 1. The first-order valence-electron chi connectivity index (χ1n) is 4.92. The zero-order valence-corrected chi connectivity index (χ0v) is 10.3. The Kier molecular flexibility index (Phi) is 3.39. The summed E-state index contributed by atoms with van der Waals surface area (Å²) >= 11 is 1.33. The Labute approximate surface area is 103 Å². The van der Waals surface area contributed by atoms with E-state index in [2.05, 4.69) is 4.98 Å². The van der Waals surface area contributed by atoms with Crippen LogP contribution in [0.3, 0.4) is 0 Å². The van der Waals surface area contributed by atoms with E-state index in [1.165, 1.54) is 18.4 Å². The molecular weight excluding hydrogens is 238 g/mol. The van der Waals surface area contributed by atoms with Gasteiger partial charge in [0.25, 0.3) is 0 Å². The first-order chi connectivity index (χ1) is 8.26. The van der Waals surface area contributed by atoms with E-state index in [1.54, 1.807) is 36.9 Å². The van der Waals surface area contributed by atoms with Crippen molar-refractivity contribution in [2.45, 2.75) is 0 Å². The second kappa shape index (κ2) is 4.97. The highest BCUT2D eigenvalue weighted by atomic mass is 32.1. The molecule has 2 aromatic rings. The number of carbonyl (C=O) groups is 1. The van der Waals surface area contributed by atoms with Crippen molar-refractivity contribution in [1.29, 1.82) is 0 Å². The number of ether oxygens (including phenoxy) is 2. The SMILES string of the molecule is COc1csc(C(=O)c2ncccc2OC)c1. The number of pyridine rings is 1. The molecule has 0 bridgehead atoms. The minimum atomic E-state index is -0.157. The average Bonchev–Trinajstić information content (AvgIpc) is 2.86. The third kappa shape index (κ3) is 2.29. The molecule has 0 aromatic carbocycles. The van der Waals surface area contributed by atoms with Gasteiger partial charge in [-0.1, -0.05) is 0 Å². The second-order valence-electron chi connectivity index (χ2n) is 3.23. The van der Waals surface area contributed by atoms with Gasteiger partial charge in [-0.2, -0.15) is 0 Å².